The Morgan fingerprint density at radius 1 is 1.15 bits per heavy atom. The zero-order valence-electron chi connectivity index (χ0n) is 11.6. The van der Waals surface area contributed by atoms with E-state index in [9.17, 15) is 4.79 Å². The molecule has 2 aromatic rings. The molecule has 0 radical (unpaired) electrons. The minimum Gasteiger partial charge on any atom is -0.497 e. The number of carbonyl (C=O) groups is 1. The molecule has 0 aliphatic rings. The molecule has 4 nitrogen and oxygen atoms in total. The van der Waals surface area contributed by atoms with Crippen LogP contribution in [0.5, 0.6) is 11.5 Å². The van der Waals surface area contributed by atoms with E-state index in [1.165, 1.54) is 6.92 Å². The van der Waals surface area contributed by atoms with Gasteiger partial charge in [0.25, 0.3) is 0 Å². The van der Waals surface area contributed by atoms with Gasteiger partial charge >= 0.3 is 0 Å². The second-order valence-corrected chi connectivity index (χ2v) is 4.32. The Morgan fingerprint density at radius 3 is 2.55 bits per heavy atom. The van der Waals surface area contributed by atoms with E-state index in [4.69, 9.17) is 9.47 Å². The topological polar surface area (TPSA) is 47.6 Å². The summed E-state index contributed by atoms with van der Waals surface area (Å²) in [4.78, 5) is 11.2. The van der Waals surface area contributed by atoms with Crippen molar-refractivity contribution in [3.63, 3.8) is 0 Å². The lowest BCUT2D eigenvalue weighted by atomic mass is 10.2. The van der Waals surface area contributed by atoms with Crippen LogP contribution >= 0.6 is 0 Å². The Bertz CT molecular complexity index is 582. The van der Waals surface area contributed by atoms with Crippen LogP contribution in [0.2, 0.25) is 0 Å². The first-order valence-corrected chi connectivity index (χ1v) is 6.31. The molecule has 2 aromatic carbocycles. The van der Waals surface area contributed by atoms with E-state index in [0.29, 0.717) is 23.8 Å². The minimum atomic E-state index is -0.150. The number of rotatable bonds is 5. The normalized spacial score (nSPS) is 9.90. The zero-order valence-corrected chi connectivity index (χ0v) is 11.6. The smallest absolute Gasteiger partial charge is 0.221 e. The van der Waals surface area contributed by atoms with Crippen LogP contribution in [0.1, 0.15) is 12.5 Å². The summed E-state index contributed by atoms with van der Waals surface area (Å²) in [6.45, 7) is 1.90. The van der Waals surface area contributed by atoms with Gasteiger partial charge in [0.15, 0.2) is 0 Å². The van der Waals surface area contributed by atoms with Gasteiger partial charge in [-0.15, -0.1) is 0 Å². The Labute approximate surface area is 118 Å². The van der Waals surface area contributed by atoms with Crippen LogP contribution in [0, 0.1) is 0 Å². The van der Waals surface area contributed by atoms with Crippen molar-refractivity contribution in [2.24, 2.45) is 0 Å². The average molecular weight is 271 g/mol. The van der Waals surface area contributed by atoms with Crippen molar-refractivity contribution in [1.82, 2.24) is 0 Å². The van der Waals surface area contributed by atoms with Gasteiger partial charge in [0.1, 0.15) is 18.1 Å². The number of amides is 1. The summed E-state index contributed by atoms with van der Waals surface area (Å²) < 4.78 is 10.9. The van der Waals surface area contributed by atoms with E-state index < -0.39 is 0 Å². The van der Waals surface area contributed by atoms with Crippen LogP contribution in [-0.2, 0) is 11.4 Å². The van der Waals surface area contributed by atoms with Gasteiger partial charge in [-0.3, -0.25) is 4.79 Å². The van der Waals surface area contributed by atoms with Crippen LogP contribution < -0.4 is 14.8 Å². The van der Waals surface area contributed by atoms with E-state index in [0.717, 1.165) is 5.56 Å². The fraction of sp³-hybridized carbons (Fsp3) is 0.188. The van der Waals surface area contributed by atoms with Gasteiger partial charge in [0.2, 0.25) is 5.91 Å². The monoisotopic (exact) mass is 271 g/mol. The van der Waals surface area contributed by atoms with Gasteiger partial charge in [-0.2, -0.15) is 0 Å². The first-order valence-electron chi connectivity index (χ1n) is 6.31. The SMILES string of the molecule is COc1ccc(OCc2ccccc2)c(NC(C)=O)c1. The van der Waals surface area contributed by atoms with Crippen LogP contribution in [0.25, 0.3) is 0 Å². The first-order chi connectivity index (χ1) is 9.69. The highest BCUT2D eigenvalue weighted by molar-refractivity contribution is 5.90. The highest BCUT2D eigenvalue weighted by atomic mass is 16.5. The van der Waals surface area contributed by atoms with Gasteiger partial charge in [0, 0.05) is 13.0 Å². The highest BCUT2D eigenvalue weighted by Crippen LogP contribution is 2.29. The fourth-order valence-corrected chi connectivity index (χ4v) is 1.78. The summed E-state index contributed by atoms with van der Waals surface area (Å²) in [5.41, 5.74) is 1.67. The number of nitrogens with one attached hydrogen (secondary N) is 1. The van der Waals surface area contributed by atoms with Crippen LogP contribution in [0.3, 0.4) is 0 Å². The molecule has 1 N–H and O–H groups in total. The van der Waals surface area contributed by atoms with Gasteiger partial charge in [0.05, 0.1) is 12.8 Å². The average Bonchev–Trinajstić information content (AvgIpc) is 2.46. The van der Waals surface area contributed by atoms with Gasteiger partial charge < -0.3 is 14.8 Å². The maximum Gasteiger partial charge on any atom is 0.221 e. The highest BCUT2D eigenvalue weighted by Gasteiger charge is 2.07. The van der Waals surface area contributed by atoms with Crippen molar-refractivity contribution in [1.29, 1.82) is 0 Å². The molecule has 2 rings (SSSR count). The Balaban J connectivity index is 2.15. The molecule has 104 valence electrons. The molecule has 0 unspecified atom stereocenters. The standard InChI is InChI=1S/C16H17NO3/c1-12(18)17-15-10-14(19-2)8-9-16(15)20-11-13-6-4-3-5-7-13/h3-10H,11H2,1-2H3,(H,17,18). The van der Waals surface area contributed by atoms with Crippen molar-refractivity contribution in [2.45, 2.75) is 13.5 Å². The van der Waals surface area contributed by atoms with E-state index in [-0.39, 0.29) is 5.91 Å². The molecule has 0 spiro atoms. The lowest BCUT2D eigenvalue weighted by Gasteiger charge is -2.13. The largest absolute Gasteiger partial charge is 0.497 e. The number of hydrogen-bond acceptors (Lipinski definition) is 3. The quantitative estimate of drug-likeness (QED) is 0.908. The predicted molar refractivity (Wildman–Crippen MR) is 78.1 cm³/mol. The molecule has 4 heteroatoms. The predicted octanol–water partition coefficient (Wildman–Crippen LogP) is 3.23. The molecule has 0 aromatic heterocycles. The third-order valence-corrected chi connectivity index (χ3v) is 2.73. The van der Waals surface area contributed by atoms with Crippen molar-refractivity contribution < 1.29 is 14.3 Å². The minimum absolute atomic E-state index is 0.150. The van der Waals surface area contributed by atoms with E-state index in [2.05, 4.69) is 5.32 Å². The van der Waals surface area contributed by atoms with Crippen molar-refractivity contribution in [3.05, 3.63) is 54.1 Å². The Hall–Kier alpha value is -2.49. The molecule has 1 amide bonds. The second-order valence-electron chi connectivity index (χ2n) is 4.32. The molecule has 0 heterocycles. The lowest BCUT2D eigenvalue weighted by molar-refractivity contribution is -0.114. The third-order valence-electron chi connectivity index (χ3n) is 2.73. The van der Waals surface area contributed by atoms with Gasteiger partial charge in [-0.25, -0.2) is 0 Å². The van der Waals surface area contributed by atoms with E-state index in [1.807, 2.05) is 30.3 Å². The molecule has 0 fully saturated rings. The van der Waals surface area contributed by atoms with Crippen LogP contribution in [0.15, 0.2) is 48.5 Å². The number of hydrogen-bond donors (Lipinski definition) is 1. The number of carbonyl (C=O) groups excluding carboxylic acids is 1. The zero-order chi connectivity index (χ0) is 14.4. The fourth-order valence-electron chi connectivity index (χ4n) is 1.78. The molecule has 0 saturated heterocycles. The summed E-state index contributed by atoms with van der Waals surface area (Å²) in [7, 11) is 1.58. The summed E-state index contributed by atoms with van der Waals surface area (Å²) >= 11 is 0. The summed E-state index contributed by atoms with van der Waals surface area (Å²) in [5, 5.41) is 2.74. The molecule has 0 aliphatic heterocycles. The van der Waals surface area contributed by atoms with Crippen LogP contribution in [0.4, 0.5) is 5.69 Å². The first kappa shape index (κ1) is 13.9. The number of anilines is 1. The molecule has 0 atom stereocenters. The third kappa shape index (κ3) is 3.75. The number of ether oxygens (including phenoxy) is 2. The van der Waals surface area contributed by atoms with E-state index >= 15 is 0 Å². The Kier molecular flexibility index (Phi) is 4.60. The van der Waals surface area contributed by atoms with E-state index in [1.54, 1.807) is 25.3 Å². The van der Waals surface area contributed by atoms with Crippen molar-refractivity contribution >= 4 is 11.6 Å². The summed E-state index contributed by atoms with van der Waals surface area (Å²) in [6.07, 6.45) is 0. The van der Waals surface area contributed by atoms with Crippen LogP contribution in [-0.4, -0.2) is 13.0 Å². The number of methoxy groups -OCH3 is 1. The molecule has 0 aliphatic carbocycles. The maximum atomic E-state index is 11.2. The van der Waals surface area contributed by atoms with Crippen molar-refractivity contribution in [2.75, 3.05) is 12.4 Å². The molecular formula is C16H17NO3. The van der Waals surface area contributed by atoms with Gasteiger partial charge in [-0.05, 0) is 17.7 Å². The molecule has 0 saturated carbocycles. The van der Waals surface area contributed by atoms with Gasteiger partial charge in [-0.1, -0.05) is 30.3 Å². The molecular weight excluding hydrogens is 254 g/mol. The maximum absolute atomic E-state index is 11.2. The summed E-state index contributed by atoms with van der Waals surface area (Å²) in [5.74, 6) is 1.13. The lowest BCUT2D eigenvalue weighted by Crippen LogP contribution is -2.08. The summed E-state index contributed by atoms with van der Waals surface area (Å²) in [6, 6.07) is 15.2. The van der Waals surface area contributed by atoms with Crippen molar-refractivity contribution in [3.8, 4) is 11.5 Å². The molecule has 20 heavy (non-hydrogen) atoms. The Morgan fingerprint density at radius 2 is 1.90 bits per heavy atom. The number of benzene rings is 2. The second kappa shape index (κ2) is 6.61. The molecule has 0 bridgehead atoms.